The van der Waals surface area contributed by atoms with Gasteiger partial charge in [0.05, 0.1) is 0 Å². The minimum atomic E-state index is -1.21. The van der Waals surface area contributed by atoms with Crippen LogP contribution in [0.2, 0.25) is 0 Å². The van der Waals surface area contributed by atoms with E-state index in [1.807, 2.05) is 19.0 Å². The fourth-order valence-electron chi connectivity index (χ4n) is 1.33. The molecule has 0 spiro atoms. The van der Waals surface area contributed by atoms with Crippen LogP contribution in [-0.4, -0.2) is 37.2 Å². The smallest absolute Gasteiger partial charge is 0.414 e. The van der Waals surface area contributed by atoms with E-state index in [1.165, 1.54) is 11.5 Å². The summed E-state index contributed by atoms with van der Waals surface area (Å²) >= 11 is 0. The average molecular weight is 238 g/mol. The van der Waals surface area contributed by atoms with E-state index in [0.717, 1.165) is 5.69 Å². The highest BCUT2D eigenvalue weighted by atomic mass is 16.4. The molecule has 0 fully saturated rings. The fraction of sp³-hybridized carbons (Fsp3) is 0.364. The maximum absolute atomic E-state index is 11.8. The minimum absolute atomic E-state index is 0.322. The normalized spacial score (nSPS) is 11.7. The molecule has 0 aromatic carbocycles. The second kappa shape index (κ2) is 5.29. The topological polar surface area (TPSA) is 73.5 Å². The van der Waals surface area contributed by atoms with Gasteiger partial charge >= 0.3 is 12.0 Å². The second-order valence-electron chi connectivity index (χ2n) is 3.87. The lowest BCUT2D eigenvalue weighted by molar-refractivity contribution is -0.575. The Morgan fingerprint density at radius 3 is 2.29 bits per heavy atom. The van der Waals surface area contributed by atoms with Crippen molar-refractivity contribution in [1.29, 1.82) is 0 Å². The van der Waals surface area contributed by atoms with Gasteiger partial charge in [0.15, 0.2) is 18.4 Å². The molecule has 17 heavy (non-hydrogen) atoms. The third kappa shape index (κ3) is 3.44. The number of hydrogen-bond donors (Lipinski definition) is 2. The van der Waals surface area contributed by atoms with Crippen LogP contribution in [0.4, 0.5) is 10.5 Å². The predicted molar refractivity (Wildman–Crippen MR) is 62.2 cm³/mol. The molecule has 1 rings (SSSR count). The van der Waals surface area contributed by atoms with E-state index in [-0.39, 0.29) is 5.91 Å². The van der Waals surface area contributed by atoms with Crippen LogP contribution in [0, 0.1) is 0 Å². The van der Waals surface area contributed by atoms with Gasteiger partial charge in [-0.15, -0.1) is 4.57 Å². The molecule has 6 nitrogen and oxygen atoms in total. The zero-order chi connectivity index (χ0) is 13.0. The van der Waals surface area contributed by atoms with E-state index < -0.39 is 12.1 Å². The molecule has 1 atom stereocenters. The van der Waals surface area contributed by atoms with E-state index >= 15 is 0 Å². The number of nitrogens with one attached hydrogen (secondary N) is 1. The molecule has 1 amide bonds. The Kier molecular flexibility index (Phi) is 4.03. The molecule has 0 unspecified atom stereocenters. The van der Waals surface area contributed by atoms with Crippen molar-refractivity contribution in [2.24, 2.45) is 0 Å². The fourth-order valence-corrected chi connectivity index (χ4v) is 1.33. The molecule has 1 aromatic heterocycles. The number of carbonyl (C=O) groups excluding carboxylic acids is 1. The van der Waals surface area contributed by atoms with Crippen LogP contribution < -0.4 is 14.8 Å². The number of carboxylic acid groups (broad SMARTS) is 1. The molecule has 0 saturated heterocycles. The molecule has 0 aliphatic rings. The molecule has 1 heterocycles. The van der Waals surface area contributed by atoms with Gasteiger partial charge in [-0.1, -0.05) is 0 Å². The molecule has 6 heteroatoms. The van der Waals surface area contributed by atoms with Gasteiger partial charge < -0.3 is 15.3 Å². The van der Waals surface area contributed by atoms with Crippen LogP contribution >= 0.6 is 0 Å². The summed E-state index contributed by atoms with van der Waals surface area (Å²) in [4.78, 5) is 24.1. The first-order valence-electron chi connectivity index (χ1n) is 5.14. The zero-order valence-corrected chi connectivity index (χ0v) is 10.0. The first-order valence-corrected chi connectivity index (χ1v) is 5.14. The number of aromatic nitrogens is 1. The standard InChI is InChI=1S/C11H15N3O3/c1-8(12-11(16)17)10(15)14-6-4-9(5-7-14)13(2)3/h4-8,12H,1-3H3/p+1/t8-/m1/s1. The maximum Gasteiger partial charge on any atom is 0.414 e. The second-order valence-corrected chi connectivity index (χ2v) is 3.87. The summed E-state index contributed by atoms with van der Waals surface area (Å²) in [6.45, 7) is 1.50. The highest BCUT2D eigenvalue weighted by Crippen LogP contribution is 2.05. The van der Waals surface area contributed by atoms with Gasteiger partial charge in [-0.3, -0.25) is 0 Å². The third-order valence-corrected chi connectivity index (χ3v) is 2.29. The number of hydrogen-bond acceptors (Lipinski definition) is 3. The molecule has 0 saturated carbocycles. The van der Waals surface area contributed by atoms with Gasteiger partial charge in [0, 0.05) is 31.9 Å². The van der Waals surface area contributed by atoms with E-state index in [9.17, 15) is 9.59 Å². The van der Waals surface area contributed by atoms with Crippen LogP contribution in [0.3, 0.4) is 0 Å². The molecule has 0 bridgehead atoms. The molecule has 2 N–H and O–H groups in total. The van der Waals surface area contributed by atoms with E-state index in [2.05, 4.69) is 5.32 Å². The van der Waals surface area contributed by atoms with Crippen molar-refractivity contribution in [3.05, 3.63) is 24.5 Å². The Hall–Kier alpha value is -2.11. The molecule has 0 aliphatic heterocycles. The van der Waals surface area contributed by atoms with Crippen LogP contribution in [0.15, 0.2) is 24.5 Å². The molecule has 0 radical (unpaired) electrons. The van der Waals surface area contributed by atoms with Gasteiger partial charge in [0.2, 0.25) is 0 Å². The summed E-state index contributed by atoms with van der Waals surface area (Å²) < 4.78 is 1.35. The summed E-state index contributed by atoms with van der Waals surface area (Å²) in [5.74, 6) is -0.322. The predicted octanol–water partition coefficient (Wildman–Crippen LogP) is 0.336. The van der Waals surface area contributed by atoms with Gasteiger partial charge in [0.1, 0.15) is 0 Å². The largest absolute Gasteiger partial charge is 0.465 e. The molecule has 1 aromatic rings. The Balaban J connectivity index is 2.79. The highest BCUT2D eigenvalue weighted by Gasteiger charge is 2.24. The summed E-state index contributed by atoms with van der Waals surface area (Å²) in [5, 5.41) is 10.6. The number of anilines is 1. The number of nitrogens with zero attached hydrogens (tertiary/aromatic N) is 2. The summed E-state index contributed by atoms with van der Waals surface area (Å²) in [5.41, 5.74) is 0.966. The average Bonchev–Trinajstić information content (AvgIpc) is 2.27. The summed E-state index contributed by atoms with van der Waals surface area (Å²) in [6.07, 6.45) is 2.01. The van der Waals surface area contributed by atoms with Crippen molar-refractivity contribution in [2.75, 3.05) is 19.0 Å². The lowest BCUT2D eigenvalue weighted by Gasteiger charge is -2.10. The van der Waals surface area contributed by atoms with Crippen molar-refractivity contribution in [2.45, 2.75) is 13.0 Å². The van der Waals surface area contributed by atoms with Gasteiger partial charge in [-0.25, -0.2) is 9.59 Å². The van der Waals surface area contributed by atoms with Crippen molar-refractivity contribution in [3.63, 3.8) is 0 Å². The number of pyridine rings is 1. The van der Waals surface area contributed by atoms with Crippen molar-refractivity contribution in [3.8, 4) is 0 Å². The highest BCUT2D eigenvalue weighted by molar-refractivity contribution is 5.78. The first kappa shape index (κ1) is 13.0. The maximum atomic E-state index is 11.8. The number of rotatable bonds is 3. The number of amides is 1. The van der Waals surface area contributed by atoms with Crippen molar-refractivity contribution >= 4 is 17.7 Å². The monoisotopic (exact) mass is 238 g/mol. The van der Waals surface area contributed by atoms with Crippen molar-refractivity contribution < 1.29 is 19.3 Å². The van der Waals surface area contributed by atoms with E-state index in [0.29, 0.717) is 0 Å². The third-order valence-electron chi connectivity index (χ3n) is 2.29. The quantitative estimate of drug-likeness (QED) is 0.745. The Labute approximate surface area is 99.5 Å². The molecule has 92 valence electrons. The molecular weight excluding hydrogens is 222 g/mol. The molecule has 0 aliphatic carbocycles. The van der Waals surface area contributed by atoms with Gasteiger partial charge in [-0.2, -0.15) is 0 Å². The SMILES string of the molecule is C[C@@H](NC(=O)O)C(=O)[n+]1ccc(N(C)C)cc1. The minimum Gasteiger partial charge on any atom is -0.465 e. The number of carbonyl (C=O) groups is 2. The molecular formula is C11H16N3O3+. The van der Waals surface area contributed by atoms with E-state index in [4.69, 9.17) is 5.11 Å². The van der Waals surface area contributed by atoms with Crippen molar-refractivity contribution in [1.82, 2.24) is 5.32 Å². The first-order chi connectivity index (χ1) is 7.91. The van der Waals surface area contributed by atoms with E-state index in [1.54, 1.807) is 24.5 Å². The lowest BCUT2D eigenvalue weighted by Crippen LogP contribution is -2.53. The van der Waals surface area contributed by atoms with Gasteiger partial charge in [0.25, 0.3) is 0 Å². The Morgan fingerprint density at radius 2 is 1.88 bits per heavy atom. The summed E-state index contributed by atoms with van der Waals surface area (Å²) in [7, 11) is 3.80. The Bertz CT molecular complexity index is 414. The summed E-state index contributed by atoms with van der Waals surface area (Å²) in [6, 6.07) is 2.79. The van der Waals surface area contributed by atoms with Gasteiger partial charge in [-0.05, 0) is 6.92 Å². The van der Waals surface area contributed by atoms with Crippen LogP contribution in [0.1, 0.15) is 11.7 Å². The van der Waals surface area contributed by atoms with Crippen LogP contribution in [0.25, 0.3) is 0 Å². The van der Waals surface area contributed by atoms with Crippen LogP contribution in [0.5, 0.6) is 0 Å². The van der Waals surface area contributed by atoms with Crippen LogP contribution in [-0.2, 0) is 0 Å². The lowest BCUT2D eigenvalue weighted by atomic mass is 10.3. The zero-order valence-electron chi connectivity index (χ0n) is 10.0. The Morgan fingerprint density at radius 1 is 1.35 bits per heavy atom.